The molecule has 174 valence electrons. The van der Waals surface area contributed by atoms with Gasteiger partial charge in [-0.3, -0.25) is 5.41 Å². The standard InChI is InChI=1S/C29H35NO3/c1-6-10-18-20-12-9-13-23(33-5)25(20)27(30)26-24(18)19(11-7-2)22-16-29(32,17(4)8-3)15-14-21(22)28(26)31/h9-10,12-13,30-32H,4,6-8,11,14-16H2,1-3,5H3/b18-10+,30-27?. The Labute approximate surface area is 197 Å². The van der Waals surface area contributed by atoms with Crippen LogP contribution in [0, 0.1) is 5.41 Å². The topological polar surface area (TPSA) is 73.5 Å². The van der Waals surface area contributed by atoms with Gasteiger partial charge in [-0.15, -0.1) is 0 Å². The van der Waals surface area contributed by atoms with Crippen molar-refractivity contribution in [3.63, 3.8) is 0 Å². The van der Waals surface area contributed by atoms with Gasteiger partial charge in [0.2, 0.25) is 0 Å². The Morgan fingerprint density at radius 2 is 1.94 bits per heavy atom. The maximum Gasteiger partial charge on any atom is 0.129 e. The minimum Gasteiger partial charge on any atom is -0.507 e. The van der Waals surface area contributed by atoms with Crippen LogP contribution in [0.15, 0.2) is 36.4 Å². The molecular formula is C29H35NO3. The number of aromatic hydroxyl groups is 1. The molecular weight excluding hydrogens is 410 g/mol. The zero-order valence-corrected chi connectivity index (χ0v) is 20.3. The van der Waals surface area contributed by atoms with Gasteiger partial charge in [-0.1, -0.05) is 52.0 Å². The van der Waals surface area contributed by atoms with E-state index >= 15 is 0 Å². The first-order valence-corrected chi connectivity index (χ1v) is 12.1. The van der Waals surface area contributed by atoms with E-state index in [9.17, 15) is 10.2 Å². The van der Waals surface area contributed by atoms with Gasteiger partial charge >= 0.3 is 0 Å². The number of nitrogens with one attached hydrogen (secondary N) is 1. The van der Waals surface area contributed by atoms with E-state index in [1.165, 1.54) is 0 Å². The molecule has 4 heteroatoms. The van der Waals surface area contributed by atoms with Gasteiger partial charge in [0.25, 0.3) is 0 Å². The fourth-order valence-corrected chi connectivity index (χ4v) is 5.65. The molecule has 4 nitrogen and oxygen atoms in total. The Bertz CT molecular complexity index is 1170. The third-order valence-electron chi connectivity index (χ3n) is 7.36. The highest BCUT2D eigenvalue weighted by Gasteiger charge is 2.40. The monoisotopic (exact) mass is 445 g/mol. The van der Waals surface area contributed by atoms with Crippen molar-refractivity contribution < 1.29 is 14.9 Å². The molecule has 0 aliphatic heterocycles. The minimum atomic E-state index is -0.956. The third-order valence-corrected chi connectivity index (χ3v) is 7.36. The number of allylic oxidation sites excluding steroid dienone is 1. The average molecular weight is 446 g/mol. The molecule has 2 aromatic carbocycles. The lowest BCUT2D eigenvalue weighted by atomic mass is 9.68. The molecule has 0 bridgehead atoms. The van der Waals surface area contributed by atoms with Crippen LogP contribution >= 0.6 is 0 Å². The summed E-state index contributed by atoms with van der Waals surface area (Å²) in [7, 11) is 1.62. The smallest absolute Gasteiger partial charge is 0.129 e. The van der Waals surface area contributed by atoms with Crippen LogP contribution in [0.2, 0.25) is 0 Å². The lowest BCUT2D eigenvalue weighted by molar-refractivity contribution is 0.0607. The highest BCUT2D eigenvalue weighted by atomic mass is 16.5. The largest absolute Gasteiger partial charge is 0.507 e. The summed E-state index contributed by atoms with van der Waals surface area (Å²) in [6.07, 6.45) is 7.08. The fourth-order valence-electron chi connectivity index (χ4n) is 5.65. The lowest BCUT2D eigenvalue weighted by Crippen LogP contribution is -2.38. The number of fused-ring (bicyclic) bond motifs is 3. The van der Waals surface area contributed by atoms with E-state index in [0.29, 0.717) is 36.3 Å². The normalized spacial score (nSPS) is 20.3. The quantitative estimate of drug-likeness (QED) is 0.401. The van der Waals surface area contributed by atoms with Crippen LogP contribution in [0.5, 0.6) is 11.5 Å². The molecule has 1 unspecified atom stereocenters. The van der Waals surface area contributed by atoms with Crippen LogP contribution in [0.1, 0.15) is 85.4 Å². The average Bonchev–Trinajstić information content (AvgIpc) is 2.82. The van der Waals surface area contributed by atoms with Crippen LogP contribution in [-0.2, 0) is 19.3 Å². The molecule has 33 heavy (non-hydrogen) atoms. The van der Waals surface area contributed by atoms with Crippen molar-refractivity contribution in [2.24, 2.45) is 0 Å². The zero-order chi connectivity index (χ0) is 23.9. The molecule has 3 N–H and O–H groups in total. The first kappa shape index (κ1) is 23.3. The van der Waals surface area contributed by atoms with E-state index in [2.05, 4.69) is 26.5 Å². The number of methoxy groups -OCH3 is 1. The number of hydrogen-bond acceptors (Lipinski definition) is 4. The fraction of sp³-hybridized carbons (Fsp3) is 0.414. The molecule has 0 aromatic heterocycles. The summed E-state index contributed by atoms with van der Waals surface area (Å²) in [5.74, 6) is 0.834. The van der Waals surface area contributed by atoms with Crippen molar-refractivity contribution in [3.8, 4) is 11.5 Å². The van der Waals surface area contributed by atoms with Gasteiger partial charge in [0, 0.05) is 6.42 Å². The Morgan fingerprint density at radius 1 is 1.18 bits per heavy atom. The summed E-state index contributed by atoms with van der Waals surface area (Å²) >= 11 is 0. The molecule has 2 aliphatic rings. The van der Waals surface area contributed by atoms with Crippen molar-refractivity contribution in [1.29, 1.82) is 5.41 Å². The van der Waals surface area contributed by atoms with Crippen LogP contribution in [0.4, 0.5) is 0 Å². The zero-order valence-electron chi connectivity index (χ0n) is 20.3. The summed E-state index contributed by atoms with van der Waals surface area (Å²) in [4.78, 5) is 0. The highest BCUT2D eigenvalue weighted by Crippen LogP contribution is 2.50. The molecule has 0 fully saturated rings. The second-order valence-electron chi connectivity index (χ2n) is 9.23. The summed E-state index contributed by atoms with van der Waals surface area (Å²) in [5.41, 5.74) is 7.57. The molecule has 4 rings (SSSR count). The van der Waals surface area contributed by atoms with Crippen LogP contribution in [0.25, 0.3) is 5.57 Å². The number of rotatable bonds is 6. The second kappa shape index (κ2) is 8.83. The summed E-state index contributed by atoms with van der Waals surface area (Å²) in [5, 5.41) is 32.2. The van der Waals surface area contributed by atoms with Gasteiger partial charge in [0.1, 0.15) is 11.5 Å². The van der Waals surface area contributed by atoms with E-state index in [1.807, 2.05) is 25.1 Å². The number of phenolic OH excluding ortho intramolecular Hbond substituents is 1. The second-order valence-corrected chi connectivity index (χ2v) is 9.23. The number of hydrogen-bond donors (Lipinski definition) is 3. The molecule has 1 atom stereocenters. The Hall–Kier alpha value is -2.85. The van der Waals surface area contributed by atoms with Gasteiger partial charge in [-0.05, 0) is 77.1 Å². The Morgan fingerprint density at radius 3 is 2.58 bits per heavy atom. The molecule has 0 saturated heterocycles. The van der Waals surface area contributed by atoms with Crippen LogP contribution in [-0.4, -0.2) is 28.6 Å². The minimum absolute atomic E-state index is 0.188. The molecule has 2 aromatic rings. The van der Waals surface area contributed by atoms with Crippen molar-refractivity contribution in [3.05, 3.63) is 75.4 Å². The van der Waals surface area contributed by atoms with E-state index in [0.717, 1.165) is 70.2 Å². The van der Waals surface area contributed by atoms with E-state index in [-0.39, 0.29) is 5.75 Å². The molecule has 0 heterocycles. The van der Waals surface area contributed by atoms with Gasteiger partial charge in [0.05, 0.1) is 29.5 Å². The summed E-state index contributed by atoms with van der Waals surface area (Å²) < 4.78 is 5.63. The third kappa shape index (κ3) is 3.52. The first-order chi connectivity index (χ1) is 15.8. The van der Waals surface area contributed by atoms with Gasteiger partial charge in [-0.2, -0.15) is 0 Å². The summed E-state index contributed by atoms with van der Waals surface area (Å²) in [6, 6.07) is 5.88. The van der Waals surface area contributed by atoms with E-state index in [1.54, 1.807) is 7.11 Å². The van der Waals surface area contributed by atoms with Crippen LogP contribution < -0.4 is 4.74 Å². The first-order valence-electron chi connectivity index (χ1n) is 12.1. The molecule has 0 amide bonds. The van der Waals surface area contributed by atoms with Gasteiger partial charge < -0.3 is 14.9 Å². The molecule has 0 radical (unpaired) electrons. The lowest BCUT2D eigenvalue weighted by Gasteiger charge is -2.39. The summed E-state index contributed by atoms with van der Waals surface area (Å²) in [6.45, 7) is 10.4. The molecule has 2 aliphatic carbocycles. The predicted molar refractivity (Wildman–Crippen MR) is 135 cm³/mol. The van der Waals surface area contributed by atoms with Crippen LogP contribution in [0.3, 0.4) is 0 Å². The van der Waals surface area contributed by atoms with Crippen molar-refractivity contribution in [1.82, 2.24) is 0 Å². The van der Waals surface area contributed by atoms with Gasteiger partial charge in [-0.25, -0.2) is 0 Å². The van der Waals surface area contributed by atoms with Crippen molar-refractivity contribution in [2.75, 3.05) is 7.11 Å². The number of benzene rings is 2. The maximum atomic E-state index is 11.6. The number of ether oxygens (including phenoxy) is 1. The SMILES string of the molecule is C=C(CC)C1(O)CCc2c(O)c3c(c(CCC)c2C1)/C(=C/CC)c1cccc(OC)c1C3=N. The molecule has 0 saturated carbocycles. The number of phenols is 1. The van der Waals surface area contributed by atoms with Crippen molar-refractivity contribution >= 4 is 11.3 Å². The van der Waals surface area contributed by atoms with E-state index < -0.39 is 5.60 Å². The van der Waals surface area contributed by atoms with E-state index in [4.69, 9.17) is 10.1 Å². The Kier molecular flexibility index (Phi) is 6.24. The molecule has 0 spiro atoms. The highest BCUT2D eigenvalue weighted by molar-refractivity contribution is 6.23. The Balaban J connectivity index is 2.07. The predicted octanol–water partition coefficient (Wildman–Crippen LogP) is 6.11. The van der Waals surface area contributed by atoms with Crippen molar-refractivity contribution in [2.45, 2.75) is 71.3 Å². The maximum absolute atomic E-state index is 11.6. The van der Waals surface area contributed by atoms with Gasteiger partial charge in [0.15, 0.2) is 0 Å². The number of aliphatic hydroxyl groups is 1.